The molecule has 0 aliphatic carbocycles. The highest BCUT2D eigenvalue weighted by molar-refractivity contribution is 5.90. The van der Waals surface area contributed by atoms with Gasteiger partial charge < -0.3 is 9.47 Å². The third kappa shape index (κ3) is 9.52. The van der Waals surface area contributed by atoms with Gasteiger partial charge in [-0.15, -0.1) is 0 Å². The van der Waals surface area contributed by atoms with Crippen molar-refractivity contribution in [1.82, 2.24) is 0 Å². The van der Waals surface area contributed by atoms with Gasteiger partial charge in [-0.05, 0) is 82.3 Å². The minimum Gasteiger partial charge on any atom is -0.489 e. The SMILES string of the molecule is CCCCCCCCC#Cc1ccc2cc(COc3ccc(-c4ccc(C(=O)OCC(C)CC)cc4)cc3)ccc2c1. The van der Waals surface area contributed by atoms with E-state index in [0.717, 1.165) is 40.8 Å². The van der Waals surface area contributed by atoms with Gasteiger partial charge in [-0.25, -0.2) is 4.79 Å². The van der Waals surface area contributed by atoms with E-state index >= 15 is 0 Å². The summed E-state index contributed by atoms with van der Waals surface area (Å²) in [5, 5.41) is 2.39. The van der Waals surface area contributed by atoms with E-state index in [0.29, 0.717) is 24.7 Å². The normalized spacial score (nSPS) is 11.5. The summed E-state index contributed by atoms with van der Waals surface area (Å²) in [7, 11) is 0. The van der Waals surface area contributed by atoms with E-state index in [1.54, 1.807) is 0 Å². The van der Waals surface area contributed by atoms with Crippen LogP contribution in [0.2, 0.25) is 0 Å². The fraction of sp³-hybridized carbons (Fsp3) is 0.359. The number of rotatable bonds is 14. The zero-order valence-electron chi connectivity index (χ0n) is 25.5. The quantitative estimate of drug-likeness (QED) is 0.0874. The van der Waals surface area contributed by atoms with Crippen molar-refractivity contribution < 1.29 is 14.3 Å². The first-order chi connectivity index (χ1) is 20.6. The van der Waals surface area contributed by atoms with E-state index in [-0.39, 0.29) is 5.97 Å². The maximum absolute atomic E-state index is 12.3. The number of fused-ring (bicyclic) bond motifs is 1. The Morgan fingerprint density at radius 2 is 1.43 bits per heavy atom. The lowest BCUT2D eigenvalue weighted by atomic mass is 10.0. The first-order valence-electron chi connectivity index (χ1n) is 15.6. The average Bonchev–Trinajstić information content (AvgIpc) is 3.04. The Bertz CT molecular complexity index is 1470. The molecule has 0 aliphatic heterocycles. The fourth-order valence-electron chi connectivity index (χ4n) is 4.75. The summed E-state index contributed by atoms with van der Waals surface area (Å²) in [5.41, 5.74) is 4.89. The van der Waals surface area contributed by atoms with Crippen LogP contribution >= 0.6 is 0 Å². The van der Waals surface area contributed by atoms with Crippen molar-refractivity contribution in [2.75, 3.05) is 6.61 Å². The molecule has 1 unspecified atom stereocenters. The Labute approximate surface area is 252 Å². The number of carbonyl (C=O) groups is 1. The van der Waals surface area contributed by atoms with Crippen LogP contribution in [0, 0.1) is 17.8 Å². The van der Waals surface area contributed by atoms with Crippen LogP contribution in [0.1, 0.15) is 93.6 Å². The first-order valence-corrected chi connectivity index (χ1v) is 15.6. The molecule has 4 aromatic carbocycles. The molecule has 3 nitrogen and oxygen atoms in total. The molecule has 0 aromatic heterocycles. The summed E-state index contributed by atoms with van der Waals surface area (Å²) in [6.07, 6.45) is 9.77. The second-order valence-electron chi connectivity index (χ2n) is 11.2. The van der Waals surface area contributed by atoms with E-state index in [1.807, 2.05) is 48.5 Å². The highest BCUT2D eigenvalue weighted by Crippen LogP contribution is 2.24. The molecule has 218 valence electrons. The molecule has 1 atom stereocenters. The number of ether oxygens (including phenoxy) is 2. The average molecular weight is 561 g/mol. The topological polar surface area (TPSA) is 35.5 Å². The summed E-state index contributed by atoms with van der Waals surface area (Å²) in [6.45, 7) is 7.38. The third-order valence-electron chi connectivity index (χ3n) is 7.70. The standard InChI is InChI=1S/C39H44O3/c1-4-6-7-8-9-10-11-12-13-31-14-16-37-27-32(15-17-36(37)26-31)29-41-38-24-22-34(23-25-38)33-18-20-35(21-19-33)39(40)42-28-30(3)5-2/h14-27,30H,4-11,28-29H2,1-3H3. The van der Waals surface area contributed by atoms with E-state index in [1.165, 1.54) is 49.3 Å². The zero-order chi connectivity index (χ0) is 29.6. The van der Waals surface area contributed by atoms with Crippen molar-refractivity contribution in [2.24, 2.45) is 5.92 Å². The van der Waals surface area contributed by atoms with Gasteiger partial charge in [-0.3, -0.25) is 0 Å². The second-order valence-corrected chi connectivity index (χ2v) is 11.2. The third-order valence-corrected chi connectivity index (χ3v) is 7.70. The summed E-state index contributed by atoms with van der Waals surface area (Å²) in [6, 6.07) is 28.5. The molecule has 0 N–H and O–H groups in total. The van der Waals surface area contributed by atoms with Gasteiger partial charge in [-0.1, -0.05) is 114 Å². The highest BCUT2D eigenvalue weighted by atomic mass is 16.5. The fourth-order valence-corrected chi connectivity index (χ4v) is 4.75. The second kappa shape index (κ2) is 16.4. The molecule has 0 saturated carbocycles. The summed E-state index contributed by atoms with van der Waals surface area (Å²) < 4.78 is 11.5. The lowest BCUT2D eigenvalue weighted by molar-refractivity contribution is 0.0447. The molecule has 0 spiro atoms. The van der Waals surface area contributed by atoms with E-state index in [9.17, 15) is 4.79 Å². The van der Waals surface area contributed by atoms with Crippen LogP contribution in [0.5, 0.6) is 5.75 Å². The molecule has 0 bridgehead atoms. The van der Waals surface area contributed by atoms with Crippen molar-refractivity contribution >= 4 is 16.7 Å². The van der Waals surface area contributed by atoms with Crippen LogP contribution in [-0.4, -0.2) is 12.6 Å². The van der Waals surface area contributed by atoms with Gasteiger partial charge in [0.2, 0.25) is 0 Å². The molecule has 0 radical (unpaired) electrons. The largest absolute Gasteiger partial charge is 0.489 e. The Morgan fingerprint density at radius 3 is 2.17 bits per heavy atom. The van der Waals surface area contributed by atoms with Crippen molar-refractivity contribution in [1.29, 1.82) is 0 Å². The van der Waals surface area contributed by atoms with Crippen LogP contribution < -0.4 is 4.74 Å². The number of hydrogen-bond acceptors (Lipinski definition) is 3. The van der Waals surface area contributed by atoms with Crippen molar-refractivity contribution in [3.05, 3.63) is 102 Å². The zero-order valence-corrected chi connectivity index (χ0v) is 25.5. The molecule has 0 fully saturated rings. The van der Waals surface area contributed by atoms with Crippen LogP contribution in [-0.2, 0) is 11.3 Å². The monoisotopic (exact) mass is 560 g/mol. The number of carbonyl (C=O) groups excluding carboxylic acids is 1. The molecule has 42 heavy (non-hydrogen) atoms. The van der Waals surface area contributed by atoms with Crippen LogP contribution in [0.15, 0.2) is 84.9 Å². The lowest BCUT2D eigenvalue weighted by Gasteiger charge is -2.10. The molecular weight excluding hydrogens is 516 g/mol. The van der Waals surface area contributed by atoms with Crippen LogP contribution in [0.4, 0.5) is 0 Å². The predicted molar refractivity (Wildman–Crippen MR) is 175 cm³/mol. The molecule has 0 amide bonds. The molecular formula is C39H44O3. The smallest absolute Gasteiger partial charge is 0.338 e. The van der Waals surface area contributed by atoms with Gasteiger partial charge in [0.25, 0.3) is 0 Å². The van der Waals surface area contributed by atoms with Crippen LogP contribution in [0.3, 0.4) is 0 Å². The van der Waals surface area contributed by atoms with E-state index in [4.69, 9.17) is 9.47 Å². The van der Waals surface area contributed by atoms with Crippen molar-refractivity contribution in [3.8, 4) is 28.7 Å². The van der Waals surface area contributed by atoms with Gasteiger partial charge >= 0.3 is 5.97 Å². The molecule has 0 heterocycles. The predicted octanol–water partition coefficient (Wildman–Crippen LogP) is 10.4. The number of esters is 1. The van der Waals surface area contributed by atoms with E-state index in [2.05, 4.69) is 69.0 Å². The van der Waals surface area contributed by atoms with E-state index < -0.39 is 0 Å². The molecule has 4 rings (SSSR count). The first kappa shape index (κ1) is 30.9. The number of unbranched alkanes of at least 4 members (excludes halogenated alkanes) is 6. The summed E-state index contributed by atoms with van der Waals surface area (Å²) >= 11 is 0. The van der Waals surface area contributed by atoms with Crippen LogP contribution in [0.25, 0.3) is 21.9 Å². The van der Waals surface area contributed by atoms with Gasteiger partial charge in [0.1, 0.15) is 12.4 Å². The Balaban J connectivity index is 1.27. The molecule has 0 aliphatic rings. The maximum atomic E-state index is 12.3. The lowest BCUT2D eigenvalue weighted by Crippen LogP contribution is -2.11. The van der Waals surface area contributed by atoms with Gasteiger partial charge in [0, 0.05) is 12.0 Å². The summed E-state index contributed by atoms with van der Waals surface area (Å²) in [5.74, 6) is 7.61. The highest BCUT2D eigenvalue weighted by Gasteiger charge is 2.10. The number of hydrogen-bond donors (Lipinski definition) is 0. The van der Waals surface area contributed by atoms with Crippen molar-refractivity contribution in [2.45, 2.75) is 78.7 Å². The van der Waals surface area contributed by atoms with Crippen molar-refractivity contribution in [3.63, 3.8) is 0 Å². The molecule has 0 saturated heterocycles. The van der Waals surface area contributed by atoms with Gasteiger partial charge in [-0.2, -0.15) is 0 Å². The number of benzene rings is 4. The Morgan fingerprint density at radius 1 is 0.762 bits per heavy atom. The minimum absolute atomic E-state index is 0.271. The maximum Gasteiger partial charge on any atom is 0.338 e. The Hall–Kier alpha value is -4.03. The molecule has 3 heteroatoms. The minimum atomic E-state index is -0.271. The molecule has 4 aromatic rings. The summed E-state index contributed by atoms with van der Waals surface area (Å²) in [4.78, 5) is 12.3. The Kier molecular flexibility index (Phi) is 12.1. The van der Waals surface area contributed by atoms with Gasteiger partial charge in [0.15, 0.2) is 0 Å². The van der Waals surface area contributed by atoms with Gasteiger partial charge in [0.05, 0.1) is 12.2 Å².